The molecule has 0 spiro atoms. The third-order valence-corrected chi connectivity index (χ3v) is 7.82. The van der Waals surface area contributed by atoms with Crippen LogP contribution in [-0.2, 0) is 6.54 Å². The van der Waals surface area contributed by atoms with Crippen LogP contribution in [0.5, 0.6) is 0 Å². The Balaban J connectivity index is 2.29. The number of hydrogen-bond acceptors (Lipinski definition) is 1. The molecule has 2 aromatic carbocycles. The van der Waals surface area contributed by atoms with E-state index in [1.54, 1.807) is 5.57 Å². The Morgan fingerprint density at radius 3 is 2.12 bits per heavy atom. The van der Waals surface area contributed by atoms with Gasteiger partial charge in [-0.3, -0.25) is 0 Å². The minimum absolute atomic E-state index is 0.323. The van der Waals surface area contributed by atoms with Crippen LogP contribution >= 0.6 is 0 Å². The molecule has 1 unspecified atom stereocenters. The standard InChI is InChI=1S/C20H24N.3CH3.Sn/c1-3-4-11-17(2)20(19-14-9-6-10-15-19)21-16-18-12-7-5-8-13-18;;;;/h2,5-10,12-15,20-21H,3-4,11,16H2,1H3;3*1H3;. The number of rotatable bonds is 9. The first-order valence-corrected chi connectivity index (χ1v) is 19.7. The first kappa shape index (κ1) is 20.3. The summed E-state index contributed by atoms with van der Waals surface area (Å²) in [6, 6.07) is 22.0. The van der Waals surface area contributed by atoms with Crippen LogP contribution in [0, 0.1) is 0 Å². The summed E-state index contributed by atoms with van der Waals surface area (Å²) in [5.74, 6) is 0. The molecule has 0 aliphatic heterocycles. The number of hydrogen-bond donors (Lipinski definition) is 1. The van der Waals surface area contributed by atoms with E-state index in [4.69, 9.17) is 0 Å². The van der Waals surface area contributed by atoms with Crippen LogP contribution in [0.2, 0.25) is 14.8 Å². The summed E-state index contributed by atoms with van der Waals surface area (Å²) in [6.45, 7) is 3.19. The van der Waals surface area contributed by atoms with Crippen molar-refractivity contribution >= 4 is 18.4 Å². The molecule has 134 valence electrons. The van der Waals surface area contributed by atoms with Crippen LogP contribution in [0.25, 0.3) is 0 Å². The molecule has 1 nitrogen and oxygen atoms in total. The third-order valence-electron chi connectivity index (χ3n) is 4.29. The molecule has 1 atom stereocenters. The van der Waals surface area contributed by atoms with Crippen molar-refractivity contribution in [2.75, 3.05) is 0 Å². The van der Waals surface area contributed by atoms with E-state index in [-0.39, 0.29) is 0 Å². The average molecular weight is 442 g/mol. The number of nitrogens with one attached hydrogen (secondary N) is 1. The molecule has 0 amide bonds. The van der Waals surface area contributed by atoms with Gasteiger partial charge in [-0.15, -0.1) is 0 Å². The Hall–Kier alpha value is -1.06. The van der Waals surface area contributed by atoms with Crippen LogP contribution in [0.1, 0.15) is 43.4 Å². The molecule has 0 radical (unpaired) electrons. The van der Waals surface area contributed by atoms with Gasteiger partial charge in [0, 0.05) is 0 Å². The van der Waals surface area contributed by atoms with Gasteiger partial charge in [0.05, 0.1) is 0 Å². The van der Waals surface area contributed by atoms with Gasteiger partial charge in [-0.05, 0) is 0 Å². The second-order valence-electron chi connectivity index (χ2n) is 7.90. The molecular formula is C23H33NSn. The average Bonchev–Trinajstić information content (AvgIpc) is 2.60. The zero-order valence-corrected chi connectivity index (χ0v) is 19.1. The molecule has 0 bridgehead atoms. The predicted octanol–water partition coefficient (Wildman–Crippen LogP) is 6.51. The summed E-state index contributed by atoms with van der Waals surface area (Å²) in [6.07, 6.45) is 3.72. The third kappa shape index (κ3) is 7.37. The number of benzene rings is 2. The van der Waals surface area contributed by atoms with E-state index in [0.717, 1.165) is 6.54 Å². The quantitative estimate of drug-likeness (QED) is 0.437. The van der Waals surface area contributed by atoms with E-state index in [2.05, 4.69) is 91.8 Å². The first-order valence-electron chi connectivity index (χ1n) is 9.53. The Morgan fingerprint density at radius 2 is 1.56 bits per heavy atom. The van der Waals surface area contributed by atoms with Gasteiger partial charge in [0.25, 0.3) is 0 Å². The van der Waals surface area contributed by atoms with Gasteiger partial charge in [0.15, 0.2) is 0 Å². The molecule has 2 heteroatoms. The van der Waals surface area contributed by atoms with E-state index in [1.807, 2.05) is 0 Å². The fraction of sp³-hybridized carbons (Fsp3) is 0.391. The molecule has 0 aliphatic rings. The Labute approximate surface area is 158 Å². The van der Waals surface area contributed by atoms with E-state index in [0.29, 0.717) is 6.04 Å². The summed E-state index contributed by atoms with van der Waals surface area (Å²) in [5.41, 5.74) is 4.33. The maximum absolute atomic E-state index is 3.85. The van der Waals surface area contributed by atoms with Gasteiger partial charge in [-0.1, -0.05) is 0 Å². The fourth-order valence-electron chi connectivity index (χ4n) is 3.16. The van der Waals surface area contributed by atoms with Crippen molar-refractivity contribution in [3.8, 4) is 0 Å². The second kappa shape index (κ2) is 10.2. The van der Waals surface area contributed by atoms with Gasteiger partial charge in [-0.2, -0.15) is 0 Å². The topological polar surface area (TPSA) is 12.0 Å². The summed E-state index contributed by atoms with van der Waals surface area (Å²) in [5, 5.41) is 3.85. The molecule has 0 saturated carbocycles. The van der Waals surface area contributed by atoms with E-state index < -0.39 is 18.4 Å². The maximum atomic E-state index is 3.85. The molecule has 0 aliphatic carbocycles. The van der Waals surface area contributed by atoms with E-state index in [1.165, 1.54) is 30.4 Å². The van der Waals surface area contributed by atoms with Crippen molar-refractivity contribution in [3.63, 3.8) is 0 Å². The Morgan fingerprint density at radius 1 is 0.960 bits per heavy atom. The van der Waals surface area contributed by atoms with Crippen molar-refractivity contribution in [1.82, 2.24) is 5.32 Å². The molecule has 1 N–H and O–H groups in total. The van der Waals surface area contributed by atoms with E-state index in [9.17, 15) is 0 Å². The summed E-state index contributed by atoms with van der Waals surface area (Å²) >= 11 is -2.02. The first-order chi connectivity index (χ1) is 12.0. The van der Waals surface area contributed by atoms with Gasteiger partial charge in [-0.25, -0.2) is 0 Å². The molecule has 0 aromatic heterocycles. The van der Waals surface area contributed by atoms with Crippen molar-refractivity contribution in [3.05, 3.63) is 81.5 Å². The molecule has 25 heavy (non-hydrogen) atoms. The summed E-state index contributed by atoms with van der Waals surface area (Å²) < 4.78 is 2.68. The van der Waals surface area contributed by atoms with Gasteiger partial charge < -0.3 is 0 Å². The number of unbranched alkanes of at least 4 members (excludes halogenated alkanes) is 1. The summed E-state index contributed by atoms with van der Waals surface area (Å²) in [7, 11) is 0. The van der Waals surface area contributed by atoms with Gasteiger partial charge >= 0.3 is 159 Å². The Bertz CT molecular complexity index is 641. The second-order valence-corrected chi connectivity index (χ2v) is 22.2. The fourth-order valence-corrected chi connectivity index (χ4v) is 7.22. The van der Waals surface area contributed by atoms with Crippen molar-refractivity contribution < 1.29 is 0 Å². The van der Waals surface area contributed by atoms with Crippen LogP contribution in [-0.4, -0.2) is 18.4 Å². The van der Waals surface area contributed by atoms with Crippen LogP contribution < -0.4 is 5.32 Å². The molecule has 2 rings (SSSR count). The van der Waals surface area contributed by atoms with E-state index >= 15 is 0 Å². The van der Waals surface area contributed by atoms with Crippen LogP contribution in [0.3, 0.4) is 0 Å². The molecule has 0 heterocycles. The molecule has 0 saturated heterocycles. The van der Waals surface area contributed by atoms with Gasteiger partial charge in [0.2, 0.25) is 0 Å². The molecule has 0 fully saturated rings. The predicted molar refractivity (Wildman–Crippen MR) is 113 cm³/mol. The van der Waals surface area contributed by atoms with Gasteiger partial charge in [0.1, 0.15) is 0 Å². The monoisotopic (exact) mass is 443 g/mol. The summed E-state index contributed by atoms with van der Waals surface area (Å²) in [4.78, 5) is 7.50. The van der Waals surface area contributed by atoms with Crippen molar-refractivity contribution in [1.29, 1.82) is 0 Å². The molecular weight excluding hydrogens is 409 g/mol. The molecule has 2 aromatic rings. The van der Waals surface area contributed by atoms with Crippen molar-refractivity contribution in [2.45, 2.75) is 53.6 Å². The SMILES string of the molecule is CCCC/C(=[CH]\[Sn]([CH3])([CH3])[CH3])C(NCc1ccccc1)c1ccccc1. The van der Waals surface area contributed by atoms with Crippen LogP contribution in [0.4, 0.5) is 0 Å². The van der Waals surface area contributed by atoms with Crippen molar-refractivity contribution in [2.24, 2.45) is 0 Å². The Kier molecular flexibility index (Phi) is 8.24. The van der Waals surface area contributed by atoms with Crippen LogP contribution in [0.15, 0.2) is 70.3 Å². The zero-order chi connectivity index (χ0) is 18.1. The normalized spacial score (nSPS) is 13.7. The minimum atomic E-state index is -2.02. The zero-order valence-electron chi connectivity index (χ0n) is 16.3.